The van der Waals surface area contributed by atoms with Crippen LogP contribution < -0.4 is 15.5 Å². The van der Waals surface area contributed by atoms with Gasteiger partial charge in [-0.15, -0.1) is 0 Å². The molecule has 1 aliphatic rings. The lowest BCUT2D eigenvalue weighted by molar-refractivity contribution is -0.119. The number of benzene rings is 2. The van der Waals surface area contributed by atoms with Gasteiger partial charge in [-0.3, -0.25) is 4.79 Å². The van der Waals surface area contributed by atoms with Crippen LogP contribution in [0.5, 0.6) is 0 Å². The number of hydrogen-bond acceptors (Lipinski definition) is 3. The number of carbonyl (C=O) groups excluding carboxylic acids is 1. The number of hydrogen-bond donors (Lipinski definition) is 2. The van der Waals surface area contributed by atoms with Crippen LogP contribution in [0.2, 0.25) is 5.02 Å². The Morgan fingerprint density at radius 3 is 2.48 bits per heavy atom. The van der Waals surface area contributed by atoms with Crippen LogP contribution in [0.4, 0.5) is 11.4 Å². The number of para-hydroxylation sites is 2. The number of halogens is 1. The van der Waals surface area contributed by atoms with E-state index in [-0.39, 0.29) is 12.5 Å². The lowest BCUT2D eigenvalue weighted by Gasteiger charge is -2.30. The van der Waals surface area contributed by atoms with Crippen molar-refractivity contribution in [1.82, 2.24) is 5.32 Å². The standard InChI is InChI=1S/C20H24ClN3O/c21-17-10-8-16(9-11-17)14-23-20(25)15-22-18-6-2-3-7-19(18)24-12-4-1-5-13-24/h2-3,6-11,22H,1,4-5,12-15H2,(H,23,25). The van der Waals surface area contributed by atoms with Crippen LogP contribution in [-0.4, -0.2) is 25.5 Å². The minimum atomic E-state index is -0.0246. The Kier molecular flexibility index (Phi) is 6.18. The van der Waals surface area contributed by atoms with Crippen molar-refractivity contribution >= 4 is 28.9 Å². The molecule has 0 radical (unpaired) electrons. The first kappa shape index (κ1) is 17.6. The van der Waals surface area contributed by atoms with Crippen LogP contribution >= 0.6 is 11.6 Å². The summed E-state index contributed by atoms with van der Waals surface area (Å²) in [5, 5.41) is 6.91. The van der Waals surface area contributed by atoms with Gasteiger partial charge < -0.3 is 15.5 Å². The van der Waals surface area contributed by atoms with Gasteiger partial charge in [0.1, 0.15) is 0 Å². The van der Waals surface area contributed by atoms with Crippen molar-refractivity contribution in [3.8, 4) is 0 Å². The first-order chi connectivity index (χ1) is 12.2. The third-order valence-electron chi connectivity index (χ3n) is 4.44. The van der Waals surface area contributed by atoms with Crippen LogP contribution in [0, 0.1) is 0 Å². The summed E-state index contributed by atoms with van der Waals surface area (Å²) < 4.78 is 0. The minimum Gasteiger partial charge on any atom is -0.374 e. The molecule has 0 aliphatic carbocycles. The number of nitrogens with zero attached hydrogens (tertiary/aromatic N) is 1. The fourth-order valence-electron chi connectivity index (χ4n) is 3.07. The summed E-state index contributed by atoms with van der Waals surface area (Å²) >= 11 is 5.87. The first-order valence-electron chi connectivity index (χ1n) is 8.81. The lowest BCUT2D eigenvalue weighted by Crippen LogP contribution is -2.32. The number of rotatable bonds is 6. The van der Waals surface area contributed by atoms with Crippen molar-refractivity contribution in [1.29, 1.82) is 0 Å². The van der Waals surface area contributed by atoms with E-state index in [0.29, 0.717) is 11.6 Å². The molecule has 1 fully saturated rings. The molecule has 0 unspecified atom stereocenters. The molecule has 0 spiro atoms. The van der Waals surface area contributed by atoms with Gasteiger partial charge >= 0.3 is 0 Å². The van der Waals surface area contributed by atoms with E-state index in [1.807, 2.05) is 36.4 Å². The average Bonchev–Trinajstić information content (AvgIpc) is 2.67. The fraction of sp³-hybridized carbons (Fsp3) is 0.350. The van der Waals surface area contributed by atoms with E-state index < -0.39 is 0 Å². The first-order valence-corrected chi connectivity index (χ1v) is 9.19. The van der Waals surface area contributed by atoms with Gasteiger partial charge in [0.15, 0.2) is 0 Å². The van der Waals surface area contributed by atoms with Crippen molar-refractivity contribution < 1.29 is 4.79 Å². The third-order valence-corrected chi connectivity index (χ3v) is 4.70. The molecule has 2 N–H and O–H groups in total. The Morgan fingerprint density at radius 2 is 1.72 bits per heavy atom. The molecule has 25 heavy (non-hydrogen) atoms. The summed E-state index contributed by atoms with van der Waals surface area (Å²) in [5.74, 6) is -0.0246. The van der Waals surface area contributed by atoms with Gasteiger partial charge in [-0.25, -0.2) is 0 Å². The van der Waals surface area contributed by atoms with Crippen molar-refractivity contribution in [2.45, 2.75) is 25.8 Å². The van der Waals surface area contributed by atoms with Gasteiger partial charge in [-0.1, -0.05) is 35.9 Å². The zero-order valence-electron chi connectivity index (χ0n) is 14.3. The molecule has 4 nitrogen and oxygen atoms in total. The number of anilines is 2. The topological polar surface area (TPSA) is 44.4 Å². The highest BCUT2D eigenvalue weighted by atomic mass is 35.5. The summed E-state index contributed by atoms with van der Waals surface area (Å²) in [5.41, 5.74) is 3.24. The van der Waals surface area contributed by atoms with Gasteiger partial charge in [0, 0.05) is 24.7 Å². The van der Waals surface area contributed by atoms with Crippen LogP contribution in [0.1, 0.15) is 24.8 Å². The van der Waals surface area contributed by atoms with Crippen molar-refractivity contribution in [3.63, 3.8) is 0 Å². The largest absolute Gasteiger partial charge is 0.374 e. The highest BCUT2D eigenvalue weighted by Gasteiger charge is 2.14. The average molecular weight is 358 g/mol. The van der Waals surface area contributed by atoms with E-state index in [9.17, 15) is 4.79 Å². The smallest absolute Gasteiger partial charge is 0.239 e. The van der Waals surface area contributed by atoms with Gasteiger partial charge in [-0.05, 0) is 49.1 Å². The Hall–Kier alpha value is -2.20. The molecule has 0 bridgehead atoms. The summed E-state index contributed by atoms with van der Waals surface area (Å²) in [6.45, 7) is 2.94. The number of carbonyl (C=O) groups is 1. The van der Waals surface area contributed by atoms with Gasteiger partial charge in [-0.2, -0.15) is 0 Å². The van der Waals surface area contributed by atoms with E-state index in [1.54, 1.807) is 0 Å². The van der Waals surface area contributed by atoms with E-state index in [1.165, 1.54) is 24.9 Å². The third kappa shape index (κ3) is 5.13. The molecule has 3 rings (SSSR count). The summed E-state index contributed by atoms with van der Waals surface area (Å²) in [7, 11) is 0. The van der Waals surface area contributed by atoms with Gasteiger partial charge in [0.25, 0.3) is 0 Å². The fourth-order valence-corrected chi connectivity index (χ4v) is 3.20. The Balaban J connectivity index is 1.52. The van der Waals surface area contributed by atoms with Crippen molar-refractivity contribution in [2.75, 3.05) is 29.9 Å². The second-order valence-corrected chi connectivity index (χ2v) is 6.76. The molecule has 0 atom stereocenters. The molecule has 2 aromatic rings. The highest BCUT2D eigenvalue weighted by Crippen LogP contribution is 2.27. The monoisotopic (exact) mass is 357 g/mol. The molecule has 1 aliphatic heterocycles. The molecule has 1 amide bonds. The summed E-state index contributed by atoms with van der Waals surface area (Å²) in [6.07, 6.45) is 3.77. The van der Waals surface area contributed by atoms with E-state index >= 15 is 0 Å². The number of amides is 1. The maximum Gasteiger partial charge on any atom is 0.239 e. The second kappa shape index (κ2) is 8.77. The molecular formula is C20H24ClN3O. The quantitative estimate of drug-likeness (QED) is 0.819. The summed E-state index contributed by atoms with van der Waals surface area (Å²) in [4.78, 5) is 14.5. The van der Waals surface area contributed by atoms with Crippen LogP contribution in [-0.2, 0) is 11.3 Å². The predicted molar refractivity (Wildman–Crippen MR) is 104 cm³/mol. The van der Waals surface area contributed by atoms with E-state index in [2.05, 4.69) is 27.7 Å². The minimum absolute atomic E-state index is 0.0246. The molecule has 5 heteroatoms. The molecule has 1 heterocycles. The molecule has 0 aromatic heterocycles. The number of nitrogens with one attached hydrogen (secondary N) is 2. The Morgan fingerprint density at radius 1 is 1.00 bits per heavy atom. The van der Waals surface area contributed by atoms with Gasteiger partial charge in [0.05, 0.1) is 17.9 Å². The van der Waals surface area contributed by atoms with Gasteiger partial charge in [0.2, 0.25) is 5.91 Å². The lowest BCUT2D eigenvalue weighted by atomic mass is 10.1. The maximum atomic E-state index is 12.1. The normalized spacial score (nSPS) is 14.2. The second-order valence-electron chi connectivity index (χ2n) is 6.32. The van der Waals surface area contributed by atoms with Crippen LogP contribution in [0.3, 0.4) is 0 Å². The Labute approximate surface area is 154 Å². The zero-order valence-corrected chi connectivity index (χ0v) is 15.1. The molecule has 132 valence electrons. The number of piperidine rings is 1. The van der Waals surface area contributed by atoms with Crippen LogP contribution in [0.15, 0.2) is 48.5 Å². The molecular weight excluding hydrogens is 334 g/mol. The van der Waals surface area contributed by atoms with Crippen molar-refractivity contribution in [2.24, 2.45) is 0 Å². The predicted octanol–water partition coefficient (Wildman–Crippen LogP) is 4.06. The van der Waals surface area contributed by atoms with Crippen LogP contribution in [0.25, 0.3) is 0 Å². The zero-order chi connectivity index (χ0) is 17.5. The van der Waals surface area contributed by atoms with E-state index in [4.69, 9.17) is 11.6 Å². The molecule has 2 aromatic carbocycles. The highest BCUT2D eigenvalue weighted by molar-refractivity contribution is 6.30. The molecule has 1 saturated heterocycles. The molecule has 0 saturated carbocycles. The summed E-state index contributed by atoms with van der Waals surface area (Å²) in [6, 6.07) is 15.7. The van der Waals surface area contributed by atoms with Crippen molar-refractivity contribution in [3.05, 3.63) is 59.1 Å². The van der Waals surface area contributed by atoms with E-state index in [0.717, 1.165) is 24.3 Å². The SMILES string of the molecule is O=C(CNc1ccccc1N1CCCCC1)NCc1ccc(Cl)cc1. The Bertz CT molecular complexity index is 696. The maximum absolute atomic E-state index is 12.1.